The van der Waals surface area contributed by atoms with Crippen LogP contribution in [0.5, 0.6) is 11.5 Å². The maximum absolute atomic E-state index is 12.6. The number of H-pyrrole nitrogens is 1. The number of ether oxygens (including phenoxy) is 2. The Hall–Kier alpha value is -3.13. The molecule has 0 aliphatic carbocycles. The van der Waals surface area contributed by atoms with Gasteiger partial charge in [-0.15, -0.1) is 0 Å². The SMILES string of the molecule is O=C1C(=O)N(C[NH+]2CCN(c3cccc[nH+]3)CC2)c2cc3c(cc21)OCCO3. The molecule has 8 heteroatoms. The number of ketones is 1. The number of nitrogens with one attached hydrogen (secondary N) is 2. The van der Waals surface area contributed by atoms with Crippen molar-refractivity contribution in [3.8, 4) is 11.5 Å². The van der Waals surface area contributed by atoms with E-state index in [1.165, 1.54) is 4.90 Å². The van der Waals surface area contributed by atoms with E-state index in [9.17, 15) is 9.59 Å². The monoisotopic (exact) mass is 382 g/mol. The number of hydrogen-bond acceptors (Lipinski definition) is 5. The smallest absolute Gasteiger partial charge is 0.303 e. The van der Waals surface area contributed by atoms with Crippen molar-refractivity contribution in [1.29, 1.82) is 0 Å². The second kappa shape index (κ2) is 6.79. The lowest BCUT2D eigenvalue weighted by atomic mass is 10.1. The van der Waals surface area contributed by atoms with E-state index < -0.39 is 11.7 Å². The van der Waals surface area contributed by atoms with Crippen LogP contribution in [0.3, 0.4) is 0 Å². The molecule has 28 heavy (non-hydrogen) atoms. The minimum absolute atomic E-state index is 0.408. The van der Waals surface area contributed by atoms with Crippen LogP contribution in [0, 0.1) is 0 Å². The van der Waals surface area contributed by atoms with Crippen LogP contribution in [-0.4, -0.2) is 57.8 Å². The second-order valence-corrected chi connectivity index (χ2v) is 7.22. The van der Waals surface area contributed by atoms with Crippen molar-refractivity contribution in [2.75, 3.05) is 55.9 Å². The number of quaternary nitrogens is 1. The number of piperazine rings is 1. The molecule has 1 aromatic heterocycles. The van der Waals surface area contributed by atoms with Gasteiger partial charge in [0.2, 0.25) is 0 Å². The lowest BCUT2D eigenvalue weighted by molar-refractivity contribution is -0.899. The second-order valence-electron chi connectivity index (χ2n) is 7.22. The van der Waals surface area contributed by atoms with Crippen LogP contribution >= 0.6 is 0 Å². The highest BCUT2D eigenvalue weighted by molar-refractivity contribution is 6.52. The van der Waals surface area contributed by atoms with Crippen LogP contribution in [-0.2, 0) is 4.79 Å². The predicted molar refractivity (Wildman–Crippen MR) is 100 cm³/mol. The van der Waals surface area contributed by atoms with Crippen LogP contribution in [0.1, 0.15) is 10.4 Å². The maximum Gasteiger partial charge on any atom is 0.303 e. The van der Waals surface area contributed by atoms with Crippen molar-refractivity contribution < 1.29 is 28.9 Å². The first-order chi connectivity index (χ1) is 13.7. The van der Waals surface area contributed by atoms with Gasteiger partial charge in [-0.3, -0.25) is 19.4 Å². The van der Waals surface area contributed by atoms with Crippen LogP contribution in [0.15, 0.2) is 36.5 Å². The van der Waals surface area contributed by atoms with Gasteiger partial charge in [-0.05, 0) is 12.1 Å². The van der Waals surface area contributed by atoms with Gasteiger partial charge < -0.3 is 14.4 Å². The standard InChI is InChI=1S/C20H20N4O4/c25-19-14-11-16-17(28-10-9-27-16)12-15(14)24(20(19)26)13-22-5-7-23(8-6-22)18-3-1-2-4-21-18/h1-4,11-12H,5-10,13H2/p+2. The molecular formula is C20H22N4O4+2. The van der Waals surface area contributed by atoms with Crippen molar-refractivity contribution in [3.05, 3.63) is 42.1 Å². The molecule has 0 spiro atoms. The van der Waals surface area contributed by atoms with Gasteiger partial charge >= 0.3 is 5.91 Å². The van der Waals surface area contributed by atoms with Crippen molar-refractivity contribution in [2.45, 2.75) is 0 Å². The Kier molecular flexibility index (Phi) is 4.12. The molecule has 2 N–H and O–H groups in total. The molecule has 0 saturated carbocycles. The summed E-state index contributed by atoms with van der Waals surface area (Å²) < 4.78 is 11.2. The Morgan fingerprint density at radius 1 is 1.04 bits per heavy atom. The van der Waals surface area contributed by atoms with Crippen LogP contribution in [0.2, 0.25) is 0 Å². The summed E-state index contributed by atoms with van der Waals surface area (Å²) in [5.74, 6) is 1.29. The largest absolute Gasteiger partial charge is 0.486 e. The molecule has 5 rings (SSSR count). The Morgan fingerprint density at radius 2 is 1.79 bits per heavy atom. The first kappa shape index (κ1) is 17.0. The Bertz CT molecular complexity index is 925. The zero-order valence-corrected chi connectivity index (χ0v) is 15.4. The molecule has 2 aromatic rings. The number of pyridine rings is 1. The van der Waals surface area contributed by atoms with E-state index in [4.69, 9.17) is 9.47 Å². The molecule has 1 aromatic carbocycles. The summed E-state index contributed by atoms with van der Waals surface area (Å²) >= 11 is 0. The van der Waals surface area contributed by atoms with Gasteiger partial charge in [0.05, 0.1) is 17.4 Å². The summed E-state index contributed by atoms with van der Waals surface area (Å²) in [5, 5.41) is 0. The number of benzene rings is 1. The van der Waals surface area contributed by atoms with Crippen LogP contribution in [0.4, 0.5) is 11.5 Å². The summed E-state index contributed by atoms with van der Waals surface area (Å²) in [6, 6.07) is 9.45. The van der Waals surface area contributed by atoms with Crippen molar-refractivity contribution in [2.24, 2.45) is 0 Å². The van der Waals surface area contributed by atoms with Crippen molar-refractivity contribution in [3.63, 3.8) is 0 Å². The minimum atomic E-state index is -0.469. The highest BCUT2D eigenvalue weighted by Gasteiger charge is 2.40. The van der Waals surface area contributed by atoms with Crippen LogP contribution < -0.4 is 29.2 Å². The molecular weight excluding hydrogens is 360 g/mol. The zero-order chi connectivity index (χ0) is 19.1. The number of fused-ring (bicyclic) bond motifs is 2. The highest BCUT2D eigenvalue weighted by Crippen LogP contribution is 2.40. The van der Waals surface area contributed by atoms with Crippen molar-refractivity contribution >= 4 is 23.2 Å². The first-order valence-electron chi connectivity index (χ1n) is 9.56. The normalized spacial score (nSPS) is 19.1. The van der Waals surface area contributed by atoms with E-state index in [0.29, 0.717) is 42.6 Å². The number of rotatable bonds is 3. The van der Waals surface area contributed by atoms with E-state index in [-0.39, 0.29) is 0 Å². The number of Topliss-reactive ketones (excluding diaryl/α,β-unsaturated/α-hetero) is 1. The minimum Gasteiger partial charge on any atom is -0.486 e. The summed E-state index contributed by atoms with van der Waals surface area (Å²) in [6.45, 7) is 4.95. The van der Waals surface area contributed by atoms with Crippen LogP contribution in [0.25, 0.3) is 0 Å². The lowest BCUT2D eigenvalue weighted by Gasteiger charge is -2.31. The molecule has 4 heterocycles. The number of hydrogen-bond donors (Lipinski definition) is 1. The molecule has 3 aliphatic heterocycles. The average Bonchev–Trinajstić information content (AvgIpc) is 2.98. The van der Waals surface area contributed by atoms with E-state index >= 15 is 0 Å². The summed E-state index contributed by atoms with van der Waals surface area (Å²) in [6.07, 6.45) is 1.92. The van der Waals surface area contributed by atoms with Crippen molar-refractivity contribution in [1.82, 2.24) is 0 Å². The molecule has 8 nitrogen and oxygen atoms in total. The molecule has 0 bridgehead atoms. The molecule has 1 amide bonds. The molecule has 0 atom stereocenters. The molecule has 0 radical (unpaired) electrons. The Labute approximate surface area is 162 Å². The Balaban J connectivity index is 1.32. The fourth-order valence-corrected chi connectivity index (χ4v) is 4.01. The third kappa shape index (κ3) is 2.86. The topological polar surface area (TPSA) is 77.7 Å². The van der Waals surface area contributed by atoms with E-state index in [2.05, 4.69) is 16.0 Å². The summed E-state index contributed by atoms with van der Waals surface area (Å²) in [5.41, 5.74) is 1.04. The number of carbonyl (C=O) groups is 2. The van der Waals surface area contributed by atoms with Gasteiger partial charge in [-0.2, -0.15) is 0 Å². The van der Waals surface area contributed by atoms with Gasteiger partial charge in [0.15, 0.2) is 18.2 Å². The first-order valence-corrected chi connectivity index (χ1v) is 9.56. The Morgan fingerprint density at radius 3 is 2.50 bits per heavy atom. The molecule has 0 unspecified atom stereocenters. The summed E-state index contributed by atoms with van der Waals surface area (Å²) in [4.78, 5) is 33.5. The number of aromatic nitrogens is 1. The fraction of sp³-hybridized carbons (Fsp3) is 0.350. The number of carbonyl (C=O) groups excluding carboxylic acids is 2. The average molecular weight is 382 g/mol. The third-order valence-corrected chi connectivity index (χ3v) is 5.52. The third-order valence-electron chi connectivity index (χ3n) is 5.52. The quantitative estimate of drug-likeness (QED) is 0.701. The number of aromatic amines is 1. The fourth-order valence-electron chi connectivity index (χ4n) is 4.01. The van der Waals surface area contributed by atoms with Gasteiger partial charge in [-0.25, -0.2) is 4.98 Å². The van der Waals surface area contributed by atoms with Gasteiger partial charge in [0.1, 0.15) is 39.4 Å². The molecule has 1 fully saturated rings. The van der Waals surface area contributed by atoms with E-state index in [0.717, 1.165) is 32.0 Å². The number of amides is 1. The van der Waals surface area contributed by atoms with Gasteiger partial charge in [0, 0.05) is 12.1 Å². The summed E-state index contributed by atoms with van der Waals surface area (Å²) in [7, 11) is 0. The predicted octanol–water partition coefficient (Wildman–Crippen LogP) is -0.836. The highest BCUT2D eigenvalue weighted by atomic mass is 16.6. The lowest BCUT2D eigenvalue weighted by Crippen LogP contribution is -3.16. The zero-order valence-electron chi connectivity index (χ0n) is 15.4. The molecule has 3 aliphatic rings. The van der Waals surface area contributed by atoms with Gasteiger partial charge in [0.25, 0.3) is 11.6 Å². The maximum atomic E-state index is 12.6. The number of anilines is 2. The molecule has 1 saturated heterocycles. The molecule has 144 valence electrons. The van der Waals surface area contributed by atoms with Gasteiger partial charge in [-0.1, -0.05) is 6.07 Å². The van der Waals surface area contributed by atoms with E-state index in [1.807, 2.05) is 18.3 Å². The number of nitrogens with zero attached hydrogens (tertiary/aromatic N) is 2. The van der Waals surface area contributed by atoms with E-state index in [1.54, 1.807) is 17.0 Å².